The van der Waals surface area contributed by atoms with Crippen LogP contribution in [0.1, 0.15) is 34.3 Å². The Bertz CT molecular complexity index is 846. The number of amides is 1. The van der Waals surface area contributed by atoms with E-state index in [-0.39, 0.29) is 5.91 Å². The normalized spacial score (nSPS) is 15.3. The maximum absolute atomic E-state index is 12.9. The van der Waals surface area contributed by atoms with Gasteiger partial charge in [-0.05, 0) is 56.6 Å². The van der Waals surface area contributed by atoms with Gasteiger partial charge in [-0.15, -0.1) is 0 Å². The summed E-state index contributed by atoms with van der Waals surface area (Å²) >= 11 is 0. The number of unbranched alkanes of at least 4 members (excludes halogenated alkanes) is 1. The van der Waals surface area contributed by atoms with Crippen molar-refractivity contribution >= 4 is 11.6 Å². The van der Waals surface area contributed by atoms with E-state index in [0.717, 1.165) is 44.1 Å². The van der Waals surface area contributed by atoms with Crippen molar-refractivity contribution in [2.24, 2.45) is 0 Å². The fourth-order valence-electron chi connectivity index (χ4n) is 3.66. The average molecular weight is 419 g/mol. The third kappa shape index (κ3) is 6.23. The highest BCUT2D eigenvalue weighted by Crippen LogP contribution is 2.31. The molecule has 3 rings (SSSR count). The van der Waals surface area contributed by atoms with Crippen LogP contribution in [0, 0.1) is 6.92 Å². The van der Waals surface area contributed by atoms with Crippen LogP contribution in [0.25, 0.3) is 0 Å². The van der Waals surface area contributed by atoms with Crippen LogP contribution in [0.15, 0.2) is 48.5 Å². The van der Waals surface area contributed by atoms with Crippen molar-refractivity contribution in [2.45, 2.75) is 25.9 Å². The molecule has 1 fully saturated rings. The molecule has 2 aromatic rings. The summed E-state index contributed by atoms with van der Waals surface area (Å²) in [6.45, 7) is 6.60. The first kappa shape index (κ1) is 22.2. The van der Waals surface area contributed by atoms with Crippen molar-refractivity contribution < 1.29 is 18.0 Å². The first-order valence-electron chi connectivity index (χ1n) is 10.3. The second kappa shape index (κ2) is 9.98. The van der Waals surface area contributed by atoms with Gasteiger partial charge < -0.3 is 10.2 Å². The molecule has 1 saturated heterocycles. The van der Waals surface area contributed by atoms with E-state index in [0.29, 0.717) is 30.9 Å². The predicted octanol–water partition coefficient (Wildman–Crippen LogP) is 4.35. The molecule has 1 aliphatic heterocycles. The first-order valence-corrected chi connectivity index (χ1v) is 10.3. The molecule has 0 atom stereocenters. The Labute approximate surface area is 175 Å². The average Bonchev–Trinajstić information content (AvgIpc) is 2.73. The lowest BCUT2D eigenvalue weighted by Crippen LogP contribution is -2.46. The minimum absolute atomic E-state index is 0.0478. The van der Waals surface area contributed by atoms with Crippen LogP contribution in [0.5, 0.6) is 0 Å². The SMILES string of the molecule is Cc1cccc(C(=O)NCCCCN2CCN(c3cccc(C(F)(F)F)c3)CC2)c1. The summed E-state index contributed by atoms with van der Waals surface area (Å²) in [6, 6.07) is 13.1. The van der Waals surface area contributed by atoms with E-state index in [4.69, 9.17) is 0 Å². The van der Waals surface area contributed by atoms with E-state index in [1.165, 1.54) is 12.1 Å². The third-order valence-corrected chi connectivity index (χ3v) is 5.38. The lowest BCUT2D eigenvalue weighted by Gasteiger charge is -2.36. The van der Waals surface area contributed by atoms with E-state index in [2.05, 4.69) is 10.2 Å². The third-order valence-electron chi connectivity index (χ3n) is 5.38. The zero-order valence-corrected chi connectivity index (χ0v) is 17.2. The van der Waals surface area contributed by atoms with Crippen molar-refractivity contribution in [3.05, 3.63) is 65.2 Å². The van der Waals surface area contributed by atoms with Gasteiger partial charge in [0.1, 0.15) is 0 Å². The van der Waals surface area contributed by atoms with E-state index in [9.17, 15) is 18.0 Å². The van der Waals surface area contributed by atoms with Crippen LogP contribution in [-0.2, 0) is 6.18 Å². The lowest BCUT2D eigenvalue weighted by atomic mass is 10.1. The number of hydrogen-bond donors (Lipinski definition) is 1. The number of nitrogens with zero attached hydrogens (tertiary/aromatic N) is 2. The number of alkyl halides is 3. The van der Waals surface area contributed by atoms with Gasteiger partial charge in [0.15, 0.2) is 0 Å². The van der Waals surface area contributed by atoms with Crippen molar-refractivity contribution in [3.8, 4) is 0 Å². The number of hydrogen-bond acceptors (Lipinski definition) is 3. The second-order valence-corrected chi connectivity index (χ2v) is 7.71. The van der Waals surface area contributed by atoms with Gasteiger partial charge in [-0.25, -0.2) is 0 Å². The summed E-state index contributed by atoms with van der Waals surface area (Å²) in [5, 5.41) is 2.95. The van der Waals surface area contributed by atoms with E-state index >= 15 is 0 Å². The molecule has 0 aromatic heterocycles. The molecule has 0 spiro atoms. The number of rotatable bonds is 7. The topological polar surface area (TPSA) is 35.6 Å². The van der Waals surface area contributed by atoms with Crippen LogP contribution >= 0.6 is 0 Å². The molecule has 4 nitrogen and oxygen atoms in total. The van der Waals surface area contributed by atoms with E-state index in [1.54, 1.807) is 6.07 Å². The molecule has 1 N–H and O–H groups in total. The van der Waals surface area contributed by atoms with Crippen LogP contribution in [-0.4, -0.2) is 50.1 Å². The lowest BCUT2D eigenvalue weighted by molar-refractivity contribution is -0.137. The Morgan fingerprint density at radius 3 is 2.43 bits per heavy atom. The Hall–Kier alpha value is -2.54. The second-order valence-electron chi connectivity index (χ2n) is 7.71. The number of anilines is 1. The van der Waals surface area contributed by atoms with Gasteiger partial charge in [0.25, 0.3) is 5.91 Å². The monoisotopic (exact) mass is 419 g/mol. The molecule has 2 aromatic carbocycles. The molecule has 30 heavy (non-hydrogen) atoms. The number of nitrogens with one attached hydrogen (secondary N) is 1. The highest BCUT2D eigenvalue weighted by molar-refractivity contribution is 5.94. The molecule has 1 aliphatic rings. The number of carbonyl (C=O) groups excluding carboxylic acids is 1. The predicted molar refractivity (Wildman–Crippen MR) is 113 cm³/mol. The van der Waals surface area contributed by atoms with Gasteiger partial charge in [-0.2, -0.15) is 13.2 Å². The van der Waals surface area contributed by atoms with Gasteiger partial charge in [0, 0.05) is 44.0 Å². The number of carbonyl (C=O) groups is 1. The molecule has 1 amide bonds. The first-order chi connectivity index (χ1) is 14.3. The van der Waals surface area contributed by atoms with Crippen molar-refractivity contribution in [3.63, 3.8) is 0 Å². The standard InChI is InChI=1S/C23H28F3N3O/c1-18-6-4-7-19(16-18)22(30)27-10-2-3-11-28-12-14-29(15-13-28)21-9-5-8-20(17-21)23(24,25)26/h4-9,16-17H,2-3,10-15H2,1H3,(H,27,30). The molecule has 7 heteroatoms. The fourth-order valence-corrected chi connectivity index (χ4v) is 3.66. The van der Waals surface area contributed by atoms with Gasteiger partial charge in [-0.3, -0.25) is 9.69 Å². The molecular weight excluding hydrogens is 391 g/mol. The van der Waals surface area contributed by atoms with Gasteiger partial charge >= 0.3 is 6.18 Å². The summed E-state index contributed by atoms with van der Waals surface area (Å²) in [6.07, 6.45) is -2.45. The molecule has 162 valence electrons. The molecule has 1 heterocycles. The zero-order chi connectivity index (χ0) is 21.6. The summed E-state index contributed by atoms with van der Waals surface area (Å²) < 4.78 is 38.7. The minimum atomic E-state index is -4.31. The Kier molecular flexibility index (Phi) is 7.37. The van der Waals surface area contributed by atoms with Gasteiger partial charge in [0.2, 0.25) is 0 Å². The molecule has 0 bridgehead atoms. The fraction of sp³-hybridized carbons (Fsp3) is 0.435. The van der Waals surface area contributed by atoms with Crippen molar-refractivity contribution in [1.82, 2.24) is 10.2 Å². The summed E-state index contributed by atoms with van der Waals surface area (Å²) in [7, 11) is 0. The quantitative estimate of drug-likeness (QED) is 0.678. The van der Waals surface area contributed by atoms with E-state index in [1.807, 2.05) is 36.1 Å². The molecular formula is C23H28F3N3O. The summed E-state index contributed by atoms with van der Waals surface area (Å²) in [4.78, 5) is 16.5. The van der Waals surface area contributed by atoms with Crippen molar-refractivity contribution in [2.75, 3.05) is 44.2 Å². The van der Waals surface area contributed by atoms with Gasteiger partial charge in [0.05, 0.1) is 5.56 Å². The van der Waals surface area contributed by atoms with Crippen LogP contribution in [0.4, 0.5) is 18.9 Å². The van der Waals surface area contributed by atoms with Crippen LogP contribution in [0.3, 0.4) is 0 Å². The number of piperazine rings is 1. The maximum Gasteiger partial charge on any atom is 0.416 e. The minimum Gasteiger partial charge on any atom is -0.369 e. The van der Waals surface area contributed by atoms with Gasteiger partial charge in [-0.1, -0.05) is 23.8 Å². The maximum atomic E-state index is 12.9. The molecule has 0 aliphatic carbocycles. The van der Waals surface area contributed by atoms with Crippen molar-refractivity contribution in [1.29, 1.82) is 0 Å². The zero-order valence-electron chi connectivity index (χ0n) is 17.2. The number of halogens is 3. The Morgan fingerprint density at radius 2 is 1.73 bits per heavy atom. The highest BCUT2D eigenvalue weighted by atomic mass is 19.4. The number of aryl methyl sites for hydroxylation is 1. The Balaban J connectivity index is 1.35. The van der Waals surface area contributed by atoms with E-state index < -0.39 is 11.7 Å². The highest BCUT2D eigenvalue weighted by Gasteiger charge is 2.31. The summed E-state index contributed by atoms with van der Waals surface area (Å²) in [5.41, 5.74) is 1.77. The smallest absolute Gasteiger partial charge is 0.369 e. The molecule has 0 unspecified atom stereocenters. The summed E-state index contributed by atoms with van der Waals surface area (Å²) in [5.74, 6) is -0.0478. The molecule has 0 saturated carbocycles. The van der Waals surface area contributed by atoms with Crippen LogP contribution in [0.2, 0.25) is 0 Å². The largest absolute Gasteiger partial charge is 0.416 e. The Morgan fingerprint density at radius 1 is 1.00 bits per heavy atom. The van der Waals surface area contributed by atoms with Crippen LogP contribution < -0.4 is 10.2 Å². The molecule has 0 radical (unpaired) electrons. The number of benzene rings is 2.